The maximum absolute atomic E-state index is 12.5. The molecule has 26 heavy (non-hydrogen) atoms. The van der Waals surface area contributed by atoms with Gasteiger partial charge in [-0.2, -0.15) is 0 Å². The third-order valence-corrected chi connectivity index (χ3v) is 5.28. The molecule has 134 valence electrons. The third kappa shape index (κ3) is 5.31. The molecule has 0 aliphatic carbocycles. The van der Waals surface area contributed by atoms with Crippen molar-refractivity contribution in [2.45, 2.75) is 19.4 Å². The van der Waals surface area contributed by atoms with Crippen LogP contribution in [0.4, 0.5) is 0 Å². The predicted molar refractivity (Wildman–Crippen MR) is 108 cm³/mol. The number of thiazole rings is 1. The number of nitrogens with zero attached hydrogens (tertiary/aromatic N) is 2. The fourth-order valence-electron chi connectivity index (χ4n) is 2.62. The molecular weight excluding hydrogens is 387 g/mol. The first kappa shape index (κ1) is 18.9. The zero-order valence-corrected chi connectivity index (χ0v) is 16.6. The summed E-state index contributed by atoms with van der Waals surface area (Å²) < 4.78 is 0. The second-order valence-corrected chi connectivity index (χ2v) is 7.91. The van der Waals surface area contributed by atoms with Gasteiger partial charge in [0.2, 0.25) is 5.91 Å². The Kier molecular flexibility index (Phi) is 6.30. The molecule has 3 aromatic rings. The lowest BCUT2D eigenvalue weighted by Gasteiger charge is -2.16. The highest BCUT2D eigenvalue weighted by Gasteiger charge is 2.13. The van der Waals surface area contributed by atoms with Gasteiger partial charge in [-0.25, -0.2) is 4.98 Å². The van der Waals surface area contributed by atoms with Crippen molar-refractivity contribution >= 4 is 40.4 Å². The Hall–Kier alpha value is -1.88. The number of hydrogen-bond acceptors (Lipinski definition) is 3. The topological polar surface area (TPSA) is 33.2 Å². The number of carbonyl (C=O) groups is 1. The van der Waals surface area contributed by atoms with Crippen molar-refractivity contribution < 1.29 is 4.79 Å². The number of carbonyl (C=O) groups excluding carboxylic acids is 1. The zero-order valence-electron chi connectivity index (χ0n) is 14.3. The average Bonchev–Trinajstić information content (AvgIpc) is 3.01. The van der Waals surface area contributed by atoms with Gasteiger partial charge < -0.3 is 4.90 Å². The van der Waals surface area contributed by atoms with Crippen LogP contribution in [0.25, 0.3) is 0 Å². The van der Waals surface area contributed by atoms with E-state index in [0.717, 1.165) is 33.3 Å². The molecule has 2 aromatic carbocycles. The van der Waals surface area contributed by atoms with Gasteiger partial charge in [0.1, 0.15) is 0 Å². The lowest BCUT2D eigenvalue weighted by Crippen LogP contribution is -2.27. The minimum Gasteiger partial charge on any atom is -0.341 e. The smallest absolute Gasteiger partial charge is 0.228 e. The summed E-state index contributed by atoms with van der Waals surface area (Å²) in [5.41, 5.74) is 2.92. The summed E-state index contributed by atoms with van der Waals surface area (Å²) >= 11 is 13.6. The van der Waals surface area contributed by atoms with E-state index in [1.165, 1.54) is 0 Å². The van der Waals surface area contributed by atoms with Crippen molar-refractivity contribution in [1.82, 2.24) is 9.88 Å². The molecule has 0 saturated carbocycles. The summed E-state index contributed by atoms with van der Waals surface area (Å²) in [6.45, 7) is 0.527. The van der Waals surface area contributed by atoms with Crippen LogP contribution in [0.2, 0.25) is 10.0 Å². The Bertz CT molecular complexity index is 910. The summed E-state index contributed by atoms with van der Waals surface area (Å²) in [5, 5.41) is 4.32. The van der Waals surface area contributed by atoms with E-state index in [9.17, 15) is 4.79 Å². The maximum Gasteiger partial charge on any atom is 0.228 e. The Morgan fingerprint density at radius 2 is 1.73 bits per heavy atom. The quantitative estimate of drug-likeness (QED) is 0.562. The molecule has 6 heteroatoms. The molecule has 0 aliphatic heterocycles. The Morgan fingerprint density at radius 3 is 2.42 bits per heavy atom. The van der Waals surface area contributed by atoms with Gasteiger partial charge in [-0.1, -0.05) is 47.5 Å². The summed E-state index contributed by atoms with van der Waals surface area (Å²) in [6.07, 6.45) is 1.01. The molecule has 0 spiro atoms. The van der Waals surface area contributed by atoms with Crippen molar-refractivity contribution in [3.05, 3.63) is 85.8 Å². The molecule has 3 rings (SSSR count). The average molecular weight is 405 g/mol. The molecule has 0 aliphatic rings. The first-order chi connectivity index (χ1) is 12.5. The molecule has 3 nitrogen and oxygen atoms in total. The van der Waals surface area contributed by atoms with E-state index in [-0.39, 0.29) is 5.91 Å². The third-order valence-electron chi connectivity index (χ3n) is 3.91. The van der Waals surface area contributed by atoms with Crippen LogP contribution in [0.1, 0.15) is 21.8 Å². The SMILES string of the molecule is CN(Cc1cccc(Cl)c1)C(=O)Cc1csc(Cc2cccc(Cl)c2)n1. The molecule has 0 radical (unpaired) electrons. The van der Waals surface area contributed by atoms with Crippen LogP contribution in [0.15, 0.2) is 53.9 Å². The number of likely N-dealkylation sites (N-methyl/N-ethyl adjacent to an activating group) is 1. The predicted octanol–water partition coefficient (Wildman–Crippen LogP) is 5.24. The fraction of sp³-hybridized carbons (Fsp3) is 0.200. The van der Waals surface area contributed by atoms with Crippen molar-refractivity contribution in [3.8, 4) is 0 Å². The Labute approximate surface area is 167 Å². The van der Waals surface area contributed by atoms with E-state index >= 15 is 0 Å². The minimum atomic E-state index is 0.0320. The van der Waals surface area contributed by atoms with Crippen LogP contribution in [0.3, 0.4) is 0 Å². The molecule has 0 atom stereocenters. The first-order valence-electron chi connectivity index (χ1n) is 8.16. The van der Waals surface area contributed by atoms with Crippen LogP contribution in [0, 0.1) is 0 Å². The van der Waals surface area contributed by atoms with Crippen LogP contribution >= 0.6 is 34.5 Å². The van der Waals surface area contributed by atoms with E-state index in [1.807, 2.05) is 53.9 Å². The van der Waals surface area contributed by atoms with E-state index in [1.54, 1.807) is 23.3 Å². The molecular formula is C20H18Cl2N2OS. The van der Waals surface area contributed by atoms with E-state index in [4.69, 9.17) is 23.2 Å². The summed E-state index contributed by atoms with van der Waals surface area (Å²) in [6, 6.07) is 15.3. The van der Waals surface area contributed by atoms with Gasteiger partial charge in [0.15, 0.2) is 0 Å². The minimum absolute atomic E-state index is 0.0320. The molecule has 1 aromatic heterocycles. The Morgan fingerprint density at radius 1 is 1.08 bits per heavy atom. The monoisotopic (exact) mass is 404 g/mol. The molecule has 0 unspecified atom stereocenters. The largest absolute Gasteiger partial charge is 0.341 e. The highest BCUT2D eigenvalue weighted by atomic mass is 35.5. The van der Waals surface area contributed by atoms with Crippen LogP contribution in [-0.2, 0) is 24.2 Å². The second kappa shape index (κ2) is 8.67. The van der Waals surface area contributed by atoms with E-state index < -0.39 is 0 Å². The fourth-order valence-corrected chi connectivity index (χ4v) is 3.87. The molecule has 0 bridgehead atoms. The molecule has 0 fully saturated rings. The van der Waals surface area contributed by atoms with Crippen molar-refractivity contribution in [2.24, 2.45) is 0 Å². The van der Waals surface area contributed by atoms with Crippen molar-refractivity contribution in [3.63, 3.8) is 0 Å². The molecule has 0 saturated heterocycles. The standard InChI is InChI=1S/C20H18Cl2N2OS/c1-24(12-15-5-3-7-17(22)9-15)20(25)11-18-13-26-19(23-18)10-14-4-2-6-16(21)8-14/h2-9,13H,10-12H2,1H3. The maximum atomic E-state index is 12.5. The lowest BCUT2D eigenvalue weighted by molar-refractivity contribution is -0.129. The summed E-state index contributed by atoms with van der Waals surface area (Å²) in [5.74, 6) is 0.0320. The van der Waals surface area contributed by atoms with Gasteiger partial charge in [-0.3, -0.25) is 4.79 Å². The van der Waals surface area contributed by atoms with Gasteiger partial charge in [-0.15, -0.1) is 11.3 Å². The number of rotatable bonds is 6. The number of halogens is 2. The van der Waals surface area contributed by atoms with E-state index in [0.29, 0.717) is 18.0 Å². The number of aromatic nitrogens is 1. The van der Waals surface area contributed by atoms with E-state index in [2.05, 4.69) is 4.98 Å². The van der Waals surface area contributed by atoms with Crippen molar-refractivity contribution in [2.75, 3.05) is 7.05 Å². The highest BCUT2D eigenvalue weighted by Crippen LogP contribution is 2.18. The number of benzene rings is 2. The van der Waals surface area contributed by atoms with Crippen LogP contribution in [-0.4, -0.2) is 22.8 Å². The highest BCUT2D eigenvalue weighted by molar-refractivity contribution is 7.09. The van der Waals surface area contributed by atoms with Crippen LogP contribution < -0.4 is 0 Å². The molecule has 1 amide bonds. The zero-order chi connectivity index (χ0) is 18.5. The Balaban J connectivity index is 1.58. The second-order valence-electron chi connectivity index (χ2n) is 6.10. The van der Waals surface area contributed by atoms with Gasteiger partial charge >= 0.3 is 0 Å². The molecule has 1 heterocycles. The van der Waals surface area contributed by atoms with Gasteiger partial charge in [0.25, 0.3) is 0 Å². The summed E-state index contributed by atoms with van der Waals surface area (Å²) in [4.78, 5) is 18.7. The first-order valence-corrected chi connectivity index (χ1v) is 9.79. The van der Waals surface area contributed by atoms with Gasteiger partial charge in [0.05, 0.1) is 17.1 Å². The van der Waals surface area contributed by atoms with Gasteiger partial charge in [-0.05, 0) is 35.4 Å². The van der Waals surface area contributed by atoms with Crippen molar-refractivity contribution in [1.29, 1.82) is 0 Å². The lowest BCUT2D eigenvalue weighted by atomic mass is 10.2. The van der Waals surface area contributed by atoms with Crippen LogP contribution in [0.5, 0.6) is 0 Å². The normalized spacial score (nSPS) is 10.7. The summed E-state index contributed by atoms with van der Waals surface area (Å²) in [7, 11) is 1.79. The number of hydrogen-bond donors (Lipinski definition) is 0. The molecule has 0 N–H and O–H groups in total. The number of amides is 1. The van der Waals surface area contributed by atoms with Gasteiger partial charge in [0, 0.05) is 35.4 Å².